The van der Waals surface area contributed by atoms with Crippen LogP contribution in [-0.4, -0.2) is 12.0 Å². The van der Waals surface area contributed by atoms with E-state index in [0.717, 1.165) is 6.07 Å². The number of aromatic nitrogens is 1. The summed E-state index contributed by atoms with van der Waals surface area (Å²) in [5.74, 6) is -0.171. The molecule has 72 valence electrons. The molecule has 1 aromatic rings. The minimum Gasteiger partial charge on any atom is -0.373 e. The highest BCUT2D eigenvalue weighted by molar-refractivity contribution is 9.10. The van der Waals surface area contributed by atoms with E-state index in [0.29, 0.717) is 4.47 Å². The van der Waals surface area contributed by atoms with Crippen LogP contribution in [-0.2, 0) is 6.18 Å². The van der Waals surface area contributed by atoms with E-state index < -0.39 is 11.7 Å². The van der Waals surface area contributed by atoms with Gasteiger partial charge in [0, 0.05) is 17.7 Å². The van der Waals surface area contributed by atoms with Gasteiger partial charge in [0.25, 0.3) is 0 Å². The molecule has 6 heteroatoms. The van der Waals surface area contributed by atoms with Crippen molar-refractivity contribution in [3.8, 4) is 0 Å². The summed E-state index contributed by atoms with van der Waals surface area (Å²) in [6.45, 7) is 0. The van der Waals surface area contributed by atoms with Crippen LogP contribution < -0.4 is 5.32 Å². The Morgan fingerprint density at radius 1 is 1.46 bits per heavy atom. The summed E-state index contributed by atoms with van der Waals surface area (Å²) in [5, 5.41) is 2.38. The van der Waals surface area contributed by atoms with Crippen molar-refractivity contribution in [1.29, 1.82) is 0 Å². The zero-order chi connectivity index (χ0) is 10.1. The van der Waals surface area contributed by atoms with E-state index in [4.69, 9.17) is 0 Å². The summed E-state index contributed by atoms with van der Waals surface area (Å²) in [4.78, 5) is 3.59. The predicted molar refractivity (Wildman–Crippen MR) is 46.5 cm³/mol. The molecule has 0 aromatic carbocycles. The number of halogens is 4. The summed E-state index contributed by atoms with van der Waals surface area (Å²) in [7, 11) is 1.39. The normalized spacial score (nSPS) is 11.5. The first-order valence-electron chi connectivity index (χ1n) is 3.35. The van der Waals surface area contributed by atoms with Crippen molar-refractivity contribution in [2.75, 3.05) is 12.4 Å². The van der Waals surface area contributed by atoms with E-state index in [1.54, 1.807) is 0 Å². The number of nitrogens with zero attached hydrogens (tertiary/aromatic N) is 1. The molecule has 0 atom stereocenters. The van der Waals surface area contributed by atoms with Crippen LogP contribution in [0, 0.1) is 0 Å². The lowest BCUT2D eigenvalue weighted by Gasteiger charge is -2.11. The summed E-state index contributed by atoms with van der Waals surface area (Å²) >= 11 is 2.93. The SMILES string of the molecule is CNc1ncc(Br)cc1C(F)(F)F. The molecule has 1 rings (SSSR count). The molecular formula is C7H6BrF3N2. The molecule has 0 radical (unpaired) electrons. The quantitative estimate of drug-likeness (QED) is 0.834. The van der Waals surface area contributed by atoms with E-state index >= 15 is 0 Å². The molecule has 1 N–H and O–H groups in total. The van der Waals surface area contributed by atoms with Crippen LogP contribution in [0.2, 0.25) is 0 Å². The van der Waals surface area contributed by atoms with Crippen molar-refractivity contribution in [3.63, 3.8) is 0 Å². The van der Waals surface area contributed by atoms with Crippen molar-refractivity contribution < 1.29 is 13.2 Å². The maximum absolute atomic E-state index is 12.3. The molecule has 0 saturated carbocycles. The van der Waals surface area contributed by atoms with Crippen LogP contribution in [0.4, 0.5) is 19.0 Å². The Morgan fingerprint density at radius 3 is 2.54 bits per heavy atom. The highest BCUT2D eigenvalue weighted by atomic mass is 79.9. The minimum absolute atomic E-state index is 0.171. The summed E-state index contributed by atoms with van der Waals surface area (Å²) < 4.78 is 37.2. The number of alkyl halides is 3. The lowest BCUT2D eigenvalue weighted by Crippen LogP contribution is -2.10. The first kappa shape index (κ1) is 10.3. The topological polar surface area (TPSA) is 24.9 Å². The fourth-order valence-corrected chi connectivity index (χ4v) is 1.19. The molecule has 1 aromatic heterocycles. The Bertz CT molecular complexity index is 311. The molecule has 0 fully saturated rings. The van der Waals surface area contributed by atoms with Gasteiger partial charge in [0.15, 0.2) is 0 Å². The Labute approximate surface area is 81.3 Å². The van der Waals surface area contributed by atoms with Gasteiger partial charge in [-0.1, -0.05) is 0 Å². The fourth-order valence-electron chi connectivity index (χ4n) is 0.855. The van der Waals surface area contributed by atoms with Crippen molar-refractivity contribution in [3.05, 3.63) is 22.3 Å². The average molecular weight is 255 g/mol. The largest absolute Gasteiger partial charge is 0.419 e. The molecule has 0 spiro atoms. The van der Waals surface area contributed by atoms with Gasteiger partial charge in [-0.25, -0.2) is 4.98 Å². The first-order chi connectivity index (χ1) is 5.95. The van der Waals surface area contributed by atoms with Gasteiger partial charge in [0.1, 0.15) is 5.82 Å². The van der Waals surface area contributed by atoms with Gasteiger partial charge in [-0.2, -0.15) is 13.2 Å². The van der Waals surface area contributed by atoms with Gasteiger partial charge >= 0.3 is 6.18 Å². The summed E-state index contributed by atoms with van der Waals surface area (Å²) in [6, 6.07) is 0.985. The molecule has 0 aliphatic carbocycles. The van der Waals surface area contributed by atoms with Crippen LogP contribution in [0.15, 0.2) is 16.7 Å². The van der Waals surface area contributed by atoms with Crippen LogP contribution in [0.25, 0.3) is 0 Å². The monoisotopic (exact) mass is 254 g/mol. The van der Waals surface area contributed by atoms with Crippen LogP contribution in [0.1, 0.15) is 5.56 Å². The molecule has 0 unspecified atom stereocenters. The highest BCUT2D eigenvalue weighted by Gasteiger charge is 2.34. The second-order valence-electron chi connectivity index (χ2n) is 2.30. The lowest BCUT2D eigenvalue weighted by atomic mass is 10.2. The maximum atomic E-state index is 12.3. The molecule has 2 nitrogen and oxygen atoms in total. The first-order valence-corrected chi connectivity index (χ1v) is 4.15. The lowest BCUT2D eigenvalue weighted by molar-refractivity contribution is -0.137. The van der Waals surface area contributed by atoms with Gasteiger partial charge < -0.3 is 5.32 Å². The van der Waals surface area contributed by atoms with E-state index in [-0.39, 0.29) is 5.82 Å². The van der Waals surface area contributed by atoms with Gasteiger partial charge in [0.2, 0.25) is 0 Å². The molecule has 0 saturated heterocycles. The Kier molecular flexibility index (Phi) is 2.80. The standard InChI is InChI=1S/C7H6BrF3N2/c1-12-6-5(7(9,10)11)2-4(8)3-13-6/h2-3H,1H3,(H,12,13). The van der Waals surface area contributed by atoms with Gasteiger partial charge in [-0.3, -0.25) is 0 Å². The molecular weight excluding hydrogens is 249 g/mol. The van der Waals surface area contributed by atoms with Crippen molar-refractivity contribution in [2.45, 2.75) is 6.18 Å². The third kappa shape index (κ3) is 2.33. The third-order valence-corrected chi connectivity index (χ3v) is 1.83. The molecule has 0 aliphatic heterocycles. The molecule has 0 amide bonds. The number of nitrogens with one attached hydrogen (secondary N) is 1. The van der Waals surface area contributed by atoms with Gasteiger partial charge in [-0.15, -0.1) is 0 Å². The average Bonchev–Trinajstić information content (AvgIpc) is 2.03. The second kappa shape index (κ2) is 3.53. The van der Waals surface area contributed by atoms with E-state index in [9.17, 15) is 13.2 Å². The number of pyridine rings is 1. The molecule has 13 heavy (non-hydrogen) atoms. The van der Waals surface area contributed by atoms with E-state index in [1.165, 1.54) is 13.2 Å². The Balaban J connectivity index is 3.24. The van der Waals surface area contributed by atoms with Crippen LogP contribution in [0.3, 0.4) is 0 Å². The Hall–Kier alpha value is -0.780. The number of rotatable bonds is 1. The van der Waals surface area contributed by atoms with Gasteiger partial charge in [-0.05, 0) is 22.0 Å². The number of anilines is 1. The molecule has 0 aliphatic rings. The van der Waals surface area contributed by atoms with Gasteiger partial charge in [0.05, 0.1) is 5.56 Å². The summed E-state index contributed by atoms with van der Waals surface area (Å²) in [6.07, 6.45) is -3.07. The third-order valence-electron chi connectivity index (χ3n) is 1.40. The number of hydrogen-bond acceptors (Lipinski definition) is 2. The fraction of sp³-hybridized carbons (Fsp3) is 0.286. The smallest absolute Gasteiger partial charge is 0.373 e. The number of hydrogen-bond donors (Lipinski definition) is 1. The summed E-state index contributed by atoms with van der Waals surface area (Å²) in [5.41, 5.74) is -0.774. The van der Waals surface area contributed by atoms with E-state index in [1.807, 2.05) is 0 Å². The zero-order valence-electron chi connectivity index (χ0n) is 6.61. The minimum atomic E-state index is -4.38. The van der Waals surface area contributed by atoms with Crippen LogP contribution in [0.5, 0.6) is 0 Å². The Morgan fingerprint density at radius 2 is 2.08 bits per heavy atom. The van der Waals surface area contributed by atoms with Crippen molar-refractivity contribution in [2.24, 2.45) is 0 Å². The second-order valence-corrected chi connectivity index (χ2v) is 3.21. The van der Waals surface area contributed by atoms with Crippen molar-refractivity contribution >= 4 is 21.7 Å². The van der Waals surface area contributed by atoms with Crippen molar-refractivity contribution in [1.82, 2.24) is 4.98 Å². The zero-order valence-corrected chi connectivity index (χ0v) is 8.20. The van der Waals surface area contributed by atoms with Crippen LogP contribution >= 0.6 is 15.9 Å². The maximum Gasteiger partial charge on any atom is 0.419 e. The molecule has 1 heterocycles. The predicted octanol–water partition coefficient (Wildman–Crippen LogP) is 2.90. The highest BCUT2D eigenvalue weighted by Crippen LogP contribution is 2.34. The van der Waals surface area contributed by atoms with E-state index in [2.05, 4.69) is 26.2 Å². The molecule has 0 bridgehead atoms.